The number of rotatable bonds is 6. The van der Waals surface area contributed by atoms with E-state index in [0.717, 1.165) is 18.4 Å². The molecule has 0 aromatic heterocycles. The topological polar surface area (TPSA) is 35.5 Å². The molecular weight excluding hydrogens is 240 g/mol. The molecule has 0 aliphatic carbocycles. The fourth-order valence-electron chi connectivity index (χ4n) is 2.35. The third kappa shape index (κ3) is 4.52. The third-order valence-corrected chi connectivity index (χ3v) is 3.24. The van der Waals surface area contributed by atoms with E-state index in [1.807, 2.05) is 30.3 Å². The van der Waals surface area contributed by atoms with Crippen LogP contribution in [0.25, 0.3) is 0 Å². The van der Waals surface area contributed by atoms with Crippen LogP contribution in [0.5, 0.6) is 0 Å². The first-order valence-electron chi connectivity index (χ1n) is 6.70. The van der Waals surface area contributed by atoms with Gasteiger partial charge in [-0.05, 0) is 17.9 Å². The van der Waals surface area contributed by atoms with E-state index in [9.17, 15) is 4.79 Å². The van der Waals surface area contributed by atoms with E-state index in [2.05, 4.69) is 6.58 Å². The minimum Gasteiger partial charge on any atom is -0.462 e. The molecule has 2 atom stereocenters. The summed E-state index contributed by atoms with van der Waals surface area (Å²) in [6.45, 7) is 4.89. The Labute approximate surface area is 114 Å². The Kier molecular flexibility index (Phi) is 5.16. The van der Waals surface area contributed by atoms with Crippen LogP contribution in [0.3, 0.4) is 0 Å². The van der Waals surface area contributed by atoms with Gasteiger partial charge in [0.15, 0.2) is 0 Å². The number of carbonyl (C=O) groups is 1. The van der Waals surface area contributed by atoms with Gasteiger partial charge in [0.05, 0.1) is 19.6 Å². The standard InChI is InChI=1S/C16H20O3/c1-2-6-15-9-14(10-16(17)19-15)12-18-11-13-7-4-3-5-8-13/h2-5,7-8,14-15H,1,6,9-12H2/t14-,15-/m1/s1. The van der Waals surface area contributed by atoms with Crippen LogP contribution in [-0.4, -0.2) is 18.7 Å². The van der Waals surface area contributed by atoms with E-state index in [0.29, 0.717) is 19.6 Å². The minimum absolute atomic E-state index is 0.0240. The summed E-state index contributed by atoms with van der Waals surface area (Å²) in [6.07, 6.45) is 3.82. The summed E-state index contributed by atoms with van der Waals surface area (Å²) in [7, 11) is 0. The molecule has 0 unspecified atom stereocenters. The van der Waals surface area contributed by atoms with Crippen molar-refractivity contribution in [2.75, 3.05) is 6.61 Å². The monoisotopic (exact) mass is 260 g/mol. The van der Waals surface area contributed by atoms with Gasteiger partial charge in [0.2, 0.25) is 0 Å². The zero-order valence-corrected chi connectivity index (χ0v) is 11.1. The first kappa shape index (κ1) is 13.8. The highest BCUT2D eigenvalue weighted by molar-refractivity contribution is 5.70. The largest absolute Gasteiger partial charge is 0.462 e. The molecule has 0 radical (unpaired) electrons. The highest BCUT2D eigenvalue weighted by Gasteiger charge is 2.27. The van der Waals surface area contributed by atoms with Crippen LogP contribution in [0.1, 0.15) is 24.8 Å². The molecule has 1 heterocycles. The highest BCUT2D eigenvalue weighted by atomic mass is 16.5. The predicted molar refractivity (Wildman–Crippen MR) is 73.5 cm³/mol. The summed E-state index contributed by atoms with van der Waals surface area (Å²) in [4.78, 5) is 11.5. The van der Waals surface area contributed by atoms with Gasteiger partial charge in [-0.1, -0.05) is 36.4 Å². The lowest BCUT2D eigenvalue weighted by Crippen LogP contribution is -2.31. The summed E-state index contributed by atoms with van der Waals surface area (Å²) < 4.78 is 11.0. The van der Waals surface area contributed by atoms with Gasteiger partial charge in [-0.15, -0.1) is 6.58 Å². The molecule has 1 saturated heterocycles. The van der Waals surface area contributed by atoms with Crippen molar-refractivity contribution in [3.05, 3.63) is 48.6 Å². The first-order valence-corrected chi connectivity index (χ1v) is 6.70. The minimum atomic E-state index is -0.119. The SMILES string of the molecule is C=CC[C@@H]1C[C@@H](COCc2ccccc2)CC(=O)O1. The maximum Gasteiger partial charge on any atom is 0.306 e. The van der Waals surface area contributed by atoms with Crippen LogP contribution in [0.15, 0.2) is 43.0 Å². The van der Waals surface area contributed by atoms with Crippen LogP contribution in [-0.2, 0) is 20.9 Å². The van der Waals surface area contributed by atoms with Crippen molar-refractivity contribution in [3.63, 3.8) is 0 Å². The van der Waals surface area contributed by atoms with E-state index in [4.69, 9.17) is 9.47 Å². The van der Waals surface area contributed by atoms with Crippen LogP contribution in [0, 0.1) is 5.92 Å². The van der Waals surface area contributed by atoms with E-state index in [1.165, 1.54) is 0 Å². The van der Waals surface area contributed by atoms with Crippen molar-refractivity contribution >= 4 is 5.97 Å². The van der Waals surface area contributed by atoms with Crippen molar-refractivity contribution in [2.24, 2.45) is 5.92 Å². The molecule has 19 heavy (non-hydrogen) atoms. The van der Waals surface area contributed by atoms with Crippen molar-refractivity contribution in [1.29, 1.82) is 0 Å². The van der Waals surface area contributed by atoms with Crippen molar-refractivity contribution in [1.82, 2.24) is 0 Å². The zero-order chi connectivity index (χ0) is 13.5. The number of esters is 1. The Morgan fingerprint density at radius 3 is 2.89 bits per heavy atom. The summed E-state index contributed by atoms with van der Waals surface area (Å²) in [5.41, 5.74) is 1.16. The zero-order valence-electron chi connectivity index (χ0n) is 11.1. The molecule has 2 rings (SSSR count). The lowest BCUT2D eigenvalue weighted by Gasteiger charge is -2.28. The molecule has 0 amide bonds. The molecule has 0 spiro atoms. The third-order valence-electron chi connectivity index (χ3n) is 3.24. The molecule has 1 fully saturated rings. The average molecular weight is 260 g/mol. The average Bonchev–Trinajstić information content (AvgIpc) is 2.40. The van der Waals surface area contributed by atoms with Crippen molar-refractivity contribution in [2.45, 2.75) is 32.0 Å². The van der Waals surface area contributed by atoms with Gasteiger partial charge in [-0.25, -0.2) is 0 Å². The molecular formula is C16H20O3. The second-order valence-electron chi connectivity index (χ2n) is 4.94. The number of cyclic esters (lactones) is 1. The number of benzene rings is 1. The van der Waals surface area contributed by atoms with E-state index >= 15 is 0 Å². The Hall–Kier alpha value is -1.61. The molecule has 1 aliphatic heterocycles. The molecule has 3 nitrogen and oxygen atoms in total. The van der Waals surface area contributed by atoms with E-state index in [1.54, 1.807) is 6.08 Å². The number of ether oxygens (including phenoxy) is 2. The van der Waals surface area contributed by atoms with Crippen molar-refractivity contribution in [3.8, 4) is 0 Å². The lowest BCUT2D eigenvalue weighted by molar-refractivity contribution is -0.158. The van der Waals surface area contributed by atoms with Crippen molar-refractivity contribution < 1.29 is 14.3 Å². The van der Waals surface area contributed by atoms with E-state index in [-0.39, 0.29) is 18.0 Å². The summed E-state index contributed by atoms with van der Waals surface area (Å²) in [6, 6.07) is 10.1. The number of carbonyl (C=O) groups excluding carboxylic acids is 1. The molecule has 0 N–H and O–H groups in total. The van der Waals surface area contributed by atoms with Gasteiger partial charge in [-0.3, -0.25) is 4.79 Å². The van der Waals surface area contributed by atoms with Gasteiger partial charge in [-0.2, -0.15) is 0 Å². The Morgan fingerprint density at radius 1 is 1.37 bits per heavy atom. The second kappa shape index (κ2) is 7.10. The Balaban J connectivity index is 1.75. The molecule has 1 aliphatic rings. The van der Waals surface area contributed by atoms with Crippen LogP contribution < -0.4 is 0 Å². The smallest absolute Gasteiger partial charge is 0.306 e. The van der Waals surface area contributed by atoms with Gasteiger partial charge in [0.1, 0.15) is 6.10 Å². The Morgan fingerprint density at radius 2 is 2.16 bits per heavy atom. The summed E-state index contributed by atoms with van der Waals surface area (Å²) in [5, 5.41) is 0. The fourth-order valence-corrected chi connectivity index (χ4v) is 2.35. The molecule has 1 aromatic carbocycles. The molecule has 0 saturated carbocycles. The lowest BCUT2D eigenvalue weighted by atomic mass is 9.94. The van der Waals surface area contributed by atoms with Crippen LogP contribution >= 0.6 is 0 Å². The number of hydrogen-bond donors (Lipinski definition) is 0. The molecule has 0 bridgehead atoms. The van der Waals surface area contributed by atoms with Gasteiger partial charge >= 0.3 is 5.97 Å². The van der Waals surface area contributed by atoms with Gasteiger partial charge in [0, 0.05) is 6.42 Å². The predicted octanol–water partition coefficient (Wildman–Crippen LogP) is 3.10. The maximum absolute atomic E-state index is 11.5. The quantitative estimate of drug-likeness (QED) is 0.582. The summed E-state index contributed by atoms with van der Waals surface area (Å²) >= 11 is 0. The molecule has 1 aromatic rings. The number of hydrogen-bond acceptors (Lipinski definition) is 3. The fraction of sp³-hybridized carbons (Fsp3) is 0.438. The first-order chi connectivity index (χ1) is 9.28. The van der Waals surface area contributed by atoms with Crippen LogP contribution in [0.2, 0.25) is 0 Å². The van der Waals surface area contributed by atoms with Gasteiger partial charge < -0.3 is 9.47 Å². The maximum atomic E-state index is 11.5. The van der Waals surface area contributed by atoms with E-state index < -0.39 is 0 Å². The van der Waals surface area contributed by atoms with Crippen LogP contribution in [0.4, 0.5) is 0 Å². The summed E-state index contributed by atoms with van der Waals surface area (Å²) in [5.74, 6) is 0.140. The Bertz CT molecular complexity index is 413. The molecule has 102 valence electrons. The molecule has 3 heteroatoms. The van der Waals surface area contributed by atoms with Gasteiger partial charge in [0.25, 0.3) is 0 Å². The second-order valence-corrected chi connectivity index (χ2v) is 4.94. The highest BCUT2D eigenvalue weighted by Crippen LogP contribution is 2.24. The normalized spacial score (nSPS) is 22.8.